The summed E-state index contributed by atoms with van der Waals surface area (Å²) in [6.45, 7) is 8.32. The third kappa shape index (κ3) is 3.21. The van der Waals surface area contributed by atoms with Gasteiger partial charge in [-0.2, -0.15) is 21.6 Å². The van der Waals surface area contributed by atoms with Crippen LogP contribution in [-0.2, 0) is 10.1 Å². The number of methoxy groups -OCH3 is 1. The quantitative estimate of drug-likeness (QED) is 0.615. The van der Waals surface area contributed by atoms with Crippen LogP contribution in [0.3, 0.4) is 0 Å². The highest BCUT2D eigenvalue weighted by atomic mass is 32.2. The summed E-state index contributed by atoms with van der Waals surface area (Å²) in [5.74, 6) is -0.320. The Kier molecular flexibility index (Phi) is 4.72. The fourth-order valence-electron chi connectivity index (χ4n) is 1.63. The van der Waals surface area contributed by atoms with Gasteiger partial charge >= 0.3 is 15.6 Å². The molecule has 1 aromatic rings. The maximum atomic E-state index is 12.5. The van der Waals surface area contributed by atoms with E-state index >= 15 is 0 Å². The van der Waals surface area contributed by atoms with Crippen molar-refractivity contribution in [3.05, 3.63) is 35.9 Å². The third-order valence-corrected chi connectivity index (χ3v) is 3.63. The second-order valence-corrected chi connectivity index (χ2v) is 5.47. The molecule has 0 N–H and O–H groups in total. The zero-order valence-electron chi connectivity index (χ0n) is 11.3. The smallest absolute Gasteiger partial charge is 0.496 e. The molecule has 0 aliphatic carbocycles. The molecule has 0 unspecified atom stereocenters. The molecule has 0 aliphatic heterocycles. The van der Waals surface area contributed by atoms with Crippen molar-refractivity contribution in [1.82, 2.24) is 0 Å². The molecule has 21 heavy (non-hydrogen) atoms. The fourth-order valence-corrected chi connectivity index (χ4v) is 2.16. The SMILES string of the molecule is C=Cc1cc(OC)c(C)c(OS(=O)(=O)C(F)(F)F)c1C=C. The number of halogens is 3. The van der Waals surface area contributed by atoms with E-state index in [0.717, 1.165) is 0 Å². The van der Waals surface area contributed by atoms with Crippen LogP contribution in [0.2, 0.25) is 0 Å². The zero-order chi connectivity index (χ0) is 16.4. The number of ether oxygens (including phenoxy) is 1. The molecule has 0 amide bonds. The molecule has 0 aliphatic rings. The average Bonchev–Trinajstić information content (AvgIpc) is 2.39. The Hall–Kier alpha value is -1.96. The van der Waals surface area contributed by atoms with Crippen molar-refractivity contribution >= 4 is 22.3 Å². The lowest BCUT2D eigenvalue weighted by Crippen LogP contribution is -2.28. The molecule has 0 atom stereocenters. The summed E-state index contributed by atoms with van der Waals surface area (Å²) in [5.41, 5.74) is -5.02. The average molecular weight is 322 g/mol. The van der Waals surface area contributed by atoms with Crippen LogP contribution < -0.4 is 8.92 Å². The Bertz CT molecular complexity index is 676. The zero-order valence-corrected chi connectivity index (χ0v) is 12.1. The van der Waals surface area contributed by atoms with E-state index in [4.69, 9.17) is 4.74 Å². The summed E-state index contributed by atoms with van der Waals surface area (Å²) >= 11 is 0. The van der Waals surface area contributed by atoms with Gasteiger partial charge in [-0.1, -0.05) is 25.3 Å². The van der Waals surface area contributed by atoms with Gasteiger partial charge in [-0.3, -0.25) is 0 Å². The normalized spacial score (nSPS) is 11.9. The molecule has 0 radical (unpaired) electrons. The second kappa shape index (κ2) is 5.80. The summed E-state index contributed by atoms with van der Waals surface area (Å²) in [6.07, 6.45) is 2.51. The molecule has 116 valence electrons. The van der Waals surface area contributed by atoms with Crippen molar-refractivity contribution in [3.63, 3.8) is 0 Å². The molecular formula is C13H13F3O4S. The van der Waals surface area contributed by atoms with Crippen LogP contribution in [0.4, 0.5) is 13.2 Å². The van der Waals surface area contributed by atoms with Gasteiger partial charge in [-0.25, -0.2) is 0 Å². The lowest BCUT2D eigenvalue weighted by atomic mass is 10.0. The first-order valence-corrected chi connectivity index (χ1v) is 6.97. The maximum Gasteiger partial charge on any atom is 0.534 e. The number of benzene rings is 1. The van der Waals surface area contributed by atoms with Crippen LogP contribution in [0, 0.1) is 6.92 Å². The predicted molar refractivity (Wildman–Crippen MR) is 73.5 cm³/mol. The Labute approximate surface area is 120 Å². The van der Waals surface area contributed by atoms with Gasteiger partial charge in [-0.15, -0.1) is 0 Å². The van der Waals surface area contributed by atoms with Crippen LogP contribution in [0.15, 0.2) is 19.2 Å². The topological polar surface area (TPSA) is 52.6 Å². The van der Waals surface area contributed by atoms with E-state index in [-0.39, 0.29) is 16.9 Å². The Morgan fingerprint density at radius 2 is 1.81 bits per heavy atom. The van der Waals surface area contributed by atoms with E-state index in [1.54, 1.807) is 0 Å². The van der Waals surface area contributed by atoms with Crippen molar-refractivity contribution in [1.29, 1.82) is 0 Å². The molecule has 0 heterocycles. The van der Waals surface area contributed by atoms with Crippen LogP contribution in [-0.4, -0.2) is 21.0 Å². The monoisotopic (exact) mass is 322 g/mol. The van der Waals surface area contributed by atoms with Gasteiger partial charge in [0.1, 0.15) is 5.75 Å². The highest BCUT2D eigenvalue weighted by Crippen LogP contribution is 2.38. The van der Waals surface area contributed by atoms with Crippen LogP contribution in [0.25, 0.3) is 12.2 Å². The summed E-state index contributed by atoms with van der Waals surface area (Å²) in [5, 5.41) is 0. The van der Waals surface area contributed by atoms with E-state index in [0.29, 0.717) is 5.56 Å². The molecule has 0 bridgehead atoms. The first-order valence-electron chi connectivity index (χ1n) is 5.56. The van der Waals surface area contributed by atoms with Gasteiger partial charge < -0.3 is 8.92 Å². The highest BCUT2D eigenvalue weighted by molar-refractivity contribution is 7.88. The van der Waals surface area contributed by atoms with Crippen molar-refractivity contribution in [3.8, 4) is 11.5 Å². The Morgan fingerprint density at radius 3 is 2.19 bits per heavy atom. The first kappa shape index (κ1) is 17.1. The molecule has 0 saturated heterocycles. The minimum atomic E-state index is -5.79. The standard InChI is InChI=1S/C13H13F3O4S/c1-5-9-7-11(19-4)8(3)12(10(9)6-2)20-21(17,18)13(14,15)16/h5-7H,1-2H2,3-4H3. The molecule has 8 heteroatoms. The third-order valence-electron chi connectivity index (χ3n) is 2.67. The van der Waals surface area contributed by atoms with E-state index < -0.39 is 21.4 Å². The summed E-state index contributed by atoms with van der Waals surface area (Å²) < 4.78 is 69.0. The highest BCUT2D eigenvalue weighted by Gasteiger charge is 2.49. The van der Waals surface area contributed by atoms with Crippen molar-refractivity contribution < 1.29 is 30.5 Å². The molecular weight excluding hydrogens is 309 g/mol. The minimum absolute atomic E-state index is 0.0797. The Morgan fingerprint density at radius 1 is 1.24 bits per heavy atom. The van der Waals surface area contributed by atoms with Gasteiger partial charge in [0, 0.05) is 11.1 Å². The van der Waals surface area contributed by atoms with Gasteiger partial charge in [0.15, 0.2) is 5.75 Å². The minimum Gasteiger partial charge on any atom is -0.496 e. The summed E-state index contributed by atoms with van der Waals surface area (Å²) in [7, 11) is -4.50. The number of alkyl halides is 3. The fraction of sp³-hybridized carbons (Fsp3) is 0.231. The summed E-state index contributed by atoms with van der Waals surface area (Å²) in [4.78, 5) is 0. The predicted octanol–water partition coefficient (Wildman–Crippen LogP) is 3.52. The lowest BCUT2D eigenvalue weighted by Gasteiger charge is -2.17. The van der Waals surface area contributed by atoms with Gasteiger partial charge in [0.2, 0.25) is 0 Å². The van der Waals surface area contributed by atoms with E-state index in [1.807, 2.05) is 0 Å². The number of rotatable bonds is 5. The Balaban J connectivity index is 3.62. The van der Waals surface area contributed by atoms with Gasteiger partial charge in [-0.05, 0) is 18.6 Å². The van der Waals surface area contributed by atoms with Crippen molar-refractivity contribution in [2.45, 2.75) is 12.4 Å². The van der Waals surface area contributed by atoms with Crippen molar-refractivity contribution in [2.75, 3.05) is 7.11 Å². The van der Waals surface area contributed by atoms with E-state index in [9.17, 15) is 21.6 Å². The summed E-state index contributed by atoms with van der Waals surface area (Å²) in [6, 6.07) is 1.49. The maximum absolute atomic E-state index is 12.5. The van der Waals surface area contributed by atoms with E-state index in [2.05, 4.69) is 17.3 Å². The molecule has 0 saturated carbocycles. The van der Waals surface area contributed by atoms with Crippen molar-refractivity contribution in [2.24, 2.45) is 0 Å². The lowest BCUT2D eigenvalue weighted by molar-refractivity contribution is -0.0500. The molecule has 0 spiro atoms. The number of hydrogen-bond acceptors (Lipinski definition) is 4. The molecule has 1 rings (SSSR count). The molecule has 0 aromatic heterocycles. The molecule has 4 nitrogen and oxygen atoms in total. The molecule has 0 fully saturated rings. The van der Waals surface area contributed by atoms with Crippen LogP contribution >= 0.6 is 0 Å². The van der Waals surface area contributed by atoms with Crippen LogP contribution in [0.1, 0.15) is 16.7 Å². The van der Waals surface area contributed by atoms with Gasteiger partial charge in [0.25, 0.3) is 0 Å². The number of hydrogen-bond donors (Lipinski definition) is 0. The van der Waals surface area contributed by atoms with Crippen LogP contribution in [0.5, 0.6) is 11.5 Å². The second-order valence-electron chi connectivity index (χ2n) is 3.93. The largest absolute Gasteiger partial charge is 0.534 e. The van der Waals surface area contributed by atoms with E-state index in [1.165, 1.54) is 32.3 Å². The van der Waals surface area contributed by atoms with Gasteiger partial charge in [0.05, 0.1) is 7.11 Å². The first-order chi connectivity index (χ1) is 9.59. The molecule has 1 aromatic carbocycles.